The number of carboxylic acid groups (broad SMARTS) is 2. The summed E-state index contributed by atoms with van der Waals surface area (Å²) in [7, 11) is 1.57. The van der Waals surface area contributed by atoms with Gasteiger partial charge in [0.05, 0.1) is 6.42 Å². The van der Waals surface area contributed by atoms with Crippen molar-refractivity contribution in [3.05, 3.63) is 0 Å². The molecule has 19 heavy (non-hydrogen) atoms. The van der Waals surface area contributed by atoms with Crippen molar-refractivity contribution in [1.82, 2.24) is 10.2 Å². The molecule has 0 fully saturated rings. The van der Waals surface area contributed by atoms with E-state index in [9.17, 15) is 14.4 Å². The highest BCUT2D eigenvalue weighted by atomic mass is 32.2. The minimum absolute atomic E-state index is 0.0192. The lowest BCUT2D eigenvalue weighted by molar-refractivity contribution is -0.145. The number of nitrogens with one attached hydrogen (secondary N) is 1. The van der Waals surface area contributed by atoms with Crippen LogP contribution in [0.25, 0.3) is 0 Å². The smallest absolute Gasteiger partial charge is 0.326 e. The number of carbonyl (C=O) groups excluding carboxylic acids is 1. The van der Waals surface area contributed by atoms with Gasteiger partial charge in [0.2, 0.25) is 0 Å². The second-order valence-electron chi connectivity index (χ2n) is 4.07. The summed E-state index contributed by atoms with van der Waals surface area (Å²) in [6.07, 6.45) is 2.01. The molecule has 0 aromatic carbocycles. The lowest BCUT2D eigenvalue weighted by Crippen LogP contribution is -2.50. The molecule has 0 radical (unpaired) electrons. The van der Waals surface area contributed by atoms with Gasteiger partial charge >= 0.3 is 18.0 Å². The zero-order valence-electron chi connectivity index (χ0n) is 11.3. The van der Waals surface area contributed by atoms with Crippen LogP contribution in [0.4, 0.5) is 4.79 Å². The third-order valence-electron chi connectivity index (χ3n) is 2.67. The van der Waals surface area contributed by atoms with Gasteiger partial charge in [-0.25, -0.2) is 9.59 Å². The molecule has 0 saturated carbocycles. The van der Waals surface area contributed by atoms with Crippen LogP contribution in [-0.4, -0.2) is 64.2 Å². The highest BCUT2D eigenvalue weighted by molar-refractivity contribution is 7.98. The fourth-order valence-corrected chi connectivity index (χ4v) is 2.33. The van der Waals surface area contributed by atoms with Gasteiger partial charge < -0.3 is 20.4 Å². The molecular weight excluding hydrogens is 272 g/mol. The SMILES string of the molecule is CCC(CSC)N(C)C(=O)NC(CC(=O)O)C(=O)O. The van der Waals surface area contributed by atoms with E-state index in [0.717, 1.165) is 12.2 Å². The largest absolute Gasteiger partial charge is 0.481 e. The molecule has 0 aromatic rings. The predicted molar refractivity (Wildman–Crippen MR) is 72.4 cm³/mol. The van der Waals surface area contributed by atoms with Crippen molar-refractivity contribution in [2.24, 2.45) is 0 Å². The van der Waals surface area contributed by atoms with E-state index in [1.165, 1.54) is 4.90 Å². The van der Waals surface area contributed by atoms with Gasteiger partial charge in [0, 0.05) is 18.8 Å². The molecular formula is C11H20N2O5S. The molecule has 0 aliphatic rings. The van der Waals surface area contributed by atoms with Gasteiger partial charge in [-0.3, -0.25) is 4.79 Å². The number of urea groups is 1. The Morgan fingerprint density at radius 2 is 1.89 bits per heavy atom. The summed E-state index contributed by atoms with van der Waals surface area (Å²) in [4.78, 5) is 34.7. The lowest BCUT2D eigenvalue weighted by Gasteiger charge is -2.28. The van der Waals surface area contributed by atoms with E-state index in [1.54, 1.807) is 18.8 Å². The maximum Gasteiger partial charge on any atom is 0.326 e. The standard InChI is InChI=1S/C11H20N2O5S/c1-4-7(6-19-3)13(2)11(18)12-8(10(16)17)5-9(14)15/h7-8H,4-6H2,1-3H3,(H,12,18)(H,14,15)(H,16,17). The van der Waals surface area contributed by atoms with E-state index in [4.69, 9.17) is 10.2 Å². The molecule has 0 saturated heterocycles. The predicted octanol–water partition coefficient (Wildman–Crippen LogP) is 0.697. The zero-order valence-corrected chi connectivity index (χ0v) is 12.1. The Kier molecular flexibility index (Phi) is 7.97. The summed E-state index contributed by atoms with van der Waals surface area (Å²) in [5.41, 5.74) is 0. The molecule has 0 bridgehead atoms. The van der Waals surface area contributed by atoms with E-state index in [-0.39, 0.29) is 6.04 Å². The van der Waals surface area contributed by atoms with Gasteiger partial charge in [-0.05, 0) is 12.7 Å². The quantitative estimate of drug-likeness (QED) is 0.608. The Balaban J connectivity index is 4.61. The molecule has 0 spiro atoms. The van der Waals surface area contributed by atoms with Crippen LogP contribution < -0.4 is 5.32 Å². The summed E-state index contributed by atoms with van der Waals surface area (Å²) >= 11 is 1.58. The summed E-state index contributed by atoms with van der Waals surface area (Å²) in [6.45, 7) is 1.93. The maximum absolute atomic E-state index is 11.9. The van der Waals surface area contributed by atoms with Crippen molar-refractivity contribution >= 4 is 29.7 Å². The second kappa shape index (κ2) is 8.63. The highest BCUT2D eigenvalue weighted by Gasteiger charge is 2.26. The topological polar surface area (TPSA) is 107 Å². The number of hydrogen-bond donors (Lipinski definition) is 3. The van der Waals surface area contributed by atoms with Crippen LogP contribution in [0.15, 0.2) is 0 Å². The minimum atomic E-state index is -1.42. The van der Waals surface area contributed by atoms with Crippen LogP contribution in [0, 0.1) is 0 Å². The van der Waals surface area contributed by atoms with E-state index in [1.807, 2.05) is 13.2 Å². The first-order valence-corrected chi connectivity index (χ1v) is 7.19. The van der Waals surface area contributed by atoms with Gasteiger partial charge in [0.1, 0.15) is 6.04 Å². The Morgan fingerprint density at radius 1 is 1.32 bits per heavy atom. The number of nitrogens with zero attached hydrogens (tertiary/aromatic N) is 1. The summed E-state index contributed by atoms with van der Waals surface area (Å²) < 4.78 is 0. The molecule has 3 N–H and O–H groups in total. The molecule has 0 aliphatic heterocycles. The van der Waals surface area contributed by atoms with Crippen LogP contribution in [0.5, 0.6) is 0 Å². The summed E-state index contributed by atoms with van der Waals surface area (Å²) in [6, 6.07) is -2.01. The molecule has 0 heterocycles. The van der Waals surface area contributed by atoms with E-state index >= 15 is 0 Å². The van der Waals surface area contributed by atoms with Gasteiger partial charge in [0.15, 0.2) is 0 Å². The van der Waals surface area contributed by atoms with Crippen molar-refractivity contribution < 1.29 is 24.6 Å². The Morgan fingerprint density at radius 3 is 2.26 bits per heavy atom. The summed E-state index contributed by atoms with van der Waals surface area (Å²) in [5, 5.41) is 19.7. The average Bonchev–Trinajstić information content (AvgIpc) is 2.33. The lowest BCUT2D eigenvalue weighted by atomic mass is 10.2. The minimum Gasteiger partial charge on any atom is -0.481 e. The van der Waals surface area contributed by atoms with Gasteiger partial charge in [-0.1, -0.05) is 6.92 Å². The zero-order chi connectivity index (χ0) is 15.0. The number of carbonyl (C=O) groups is 3. The number of rotatable bonds is 8. The van der Waals surface area contributed by atoms with Crippen molar-refractivity contribution in [3.8, 4) is 0 Å². The normalized spacial score (nSPS) is 13.4. The summed E-state index contributed by atoms with van der Waals surface area (Å²) in [5.74, 6) is -1.90. The Labute approximate surface area is 116 Å². The van der Waals surface area contributed by atoms with Gasteiger partial charge in [-0.2, -0.15) is 11.8 Å². The molecule has 8 heteroatoms. The molecule has 2 unspecified atom stereocenters. The van der Waals surface area contributed by atoms with Gasteiger partial charge in [-0.15, -0.1) is 0 Å². The van der Waals surface area contributed by atoms with Crippen LogP contribution in [0.3, 0.4) is 0 Å². The van der Waals surface area contributed by atoms with Gasteiger partial charge in [0.25, 0.3) is 0 Å². The maximum atomic E-state index is 11.9. The first-order valence-electron chi connectivity index (χ1n) is 5.80. The number of amides is 2. The first-order chi connectivity index (χ1) is 8.83. The number of carboxylic acids is 2. The number of hydrogen-bond acceptors (Lipinski definition) is 4. The van der Waals surface area contributed by atoms with E-state index in [2.05, 4.69) is 5.32 Å². The van der Waals surface area contributed by atoms with Crippen molar-refractivity contribution in [3.63, 3.8) is 0 Å². The highest BCUT2D eigenvalue weighted by Crippen LogP contribution is 2.09. The van der Waals surface area contributed by atoms with Crippen LogP contribution >= 0.6 is 11.8 Å². The molecule has 2 amide bonds. The first kappa shape index (κ1) is 17.6. The molecule has 110 valence electrons. The van der Waals surface area contributed by atoms with Crippen molar-refractivity contribution in [2.75, 3.05) is 19.1 Å². The fraction of sp³-hybridized carbons (Fsp3) is 0.727. The molecule has 0 rings (SSSR count). The van der Waals surface area contributed by atoms with Crippen LogP contribution in [-0.2, 0) is 9.59 Å². The molecule has 0 aromatic heterocycles. The number of aliphatic carboxylic acids is 2. The van der Waals surface area contributed by atoms with E-state index < -0.39 is 30.4 Å². The van der Waals surface area contributed by atoms with Crippen LogP contribution in [0.1, 0.15) is 19.8 Å². The fourth-order valence-electron chi connectivity index (χ4n) is 1.49. The monoisotopic (exact) mass is 292 g/mol. The Bertz CT molecular complexity index is 337. The molecule has 2 atom stereocenters. The third-order valence-corrected chi connectivity index (χ3v) is 3.39. The Hall–Kier alpha value is -1.44. The third kappa shape index (κ3) is 6.32. The molecule has 7 nitrogen and oxygen atoms in total. The van der Waals surface area contributed by atoms with E-state index in [0.29, 0.717) is 0 Å². The van der Waals surface area contributed by atoms with Crippen molar-refractivity contribution in [2.45, 2.75) is 31.8 Å². The average molecular weight is 292 g/mol. The van der Waals surface area contributed by atoms with Crippen molar-refractivity contribution in [1.29, 1.82) is 0 Å². The number of thioether (sulfide) groups is 1. The van der Waals surface area contributed by atoms with Crippen LogP contribution in [0.2, 0.25) is 0 Å². The molecule has 0 aliphatic carbocycles. The second-order valence-corrected chi connectivity index (χ2v) is 4.98.